The molecule has 0 aliphatic heterocycles. The Balaban J connectivity index is 1.84. The predicted octanol–water partition coefficient (Wildman–Crippen LogP) is 8.11. The van der Waals surface area contributed by atoms with Crippen molar-refractivity contribution in [1.29, 1.82) is 0 Å². The number of aliphatic hydroxyl groups is 1. The van der Waals surface area contributed by atoms with Crippen LogP contribution in [0.2, 0.25) is 0 Å². The van der Waals surface area contributed by atoms with Gasteiger partial charge in [-0.15, -0.1) is 0 Å². The first kappa shape index (κ1) is 46.4. The number of aryl methyl sites for hydroxylation is 1. The van der Waals surface area contributed by atoms with Gasteiger partial charge in [0.2, 0.25) is 0 Å². The van der Waals surface area contributed by atoms with Gasteiger partial charge in [-0.2, -0.15) is 0 Å². The number of hydrogen-bond acceptors (Lipinski definition) is 11. The molecule has 2 aromatic carbocycles. The summed E-state index contributed by atoms with van der Waals surface area (Å²) >= 11 is 0. The van der Waals surface area contributed by atoms with E-state index in [-0.39, 0.29) is 60.8 Å². The van der Waals surface area contributed by atoms with Crippen LogP contribution in [0.1, 0.15) is 118 Å². The van der Waals surface area contributed by atoms with E-state index in [9.17, 15) is 24.3 Å². The van der Waals surface area contributed by atoms with E-state index in [0.29, 0.717) is 29.6 Å². The number of ether oxygens (including phenoxy) is 5. The molecule has 0 unspecified atom stereocenters. The van der Waals surface area contributed by atoms with E-state index in [1.807, 2.05) is 12.1 Å². The van der Waals surface area contributed by atoms with Gasteiger partial charge in [0.25, 0.3) is 0 Å². The first-order valence-electron chi connectivity index (χ1n) is 19.7. The summed E-state index contributed by atoms with van der Waals surface area (Å²) in [7, 11) is 0. The first-order chi connectivity index (χ1) is 25.7. The zero-order chi connectivity index (χ0) is 40.0. The number of unbranched alkanes of at least 4 members (excludes halogenated alkanes) is 5. The number of benzene rings is 2. The number of hydrogen-bond donors (Lipinski definition) is 1. The average Bonchev–Trinajstić information content (AvgIpc) is 3.10. The minimum atomic E-state index is -0.368. The molecule has 11 heteroatoms. The molecule has 0 aliphatic carbocycles. The average molecular weight is 756 g/mol. The lowest BCUT2D eigenvalue weighted by atomic mass is 10.0. The molecule has 0 amide bonds. The standard InChI is InChI=1S/C43H65NO10/c1-30(2)40(46)51-36-23-34(24-37(27-36)52-41(47)31(3)4)17-11-9-10-12-18-44(19-13-15-21-45)20-14-16-22-50-29-35-25-38(53-42(48)32(5)6)28-39(26-35)54-43(49)33(7)8/h23-28,30-33,45H,9-22,29H2,1-8H3. The Hall–Kier alpha value is -3.80. The van der Waals surface area contributed by atoms with Crippen molar-refractivity contribution >= 4 is 23.9 Å². The SMILES string of the molecule is CC(C)C(=O)Oc1cc(CCCCCCN(CCCCO)CCCCOCc2cc(OC(=O)C(C)C)cc(OC(=O)C(C)C)c2)cc(OC(=O)C(C)C)c1. The summed E-state index contributed by atoms with van der Waals surface area (Å²) in [5.74, 6) is -1.14. The Morgan fingerprint density at radius 3 is 1.28 bits per heavy atom. The Morgan fingerprint density at radius 2 is 0.870 bits per heavy atom. The molecule has 0 saturated carbocycles. The monoisotopic (exact) mass is 755 g/mol. The maximum atomic E-state index is 12.2. The van der Waals surface area contributed by atoms with Crippen LogP contribution < -0.4 is 18.9 Å². The number of rotatable bonds is 26. The molecule has 0 aromatic heterocycles. The molecule has 0 saturated heterocycles. The van der Waals surface area contributed by atoms with Crippen molar-refractivity contribution in [2.24, 2.45) is 23.7 Å². The number of nitrogens with zero attached hydrogens (tertiary/aromatic N) is 1. The van der Waals surface area contributed by atoms with Crippen LogP contribution in [-0.4, -0.2) is 66.7 Å². The molecule has 2 rings (SSSR count). The lowest BCUT2D eigenvalue weighted by molar-refractivity contribution is -0.139. The van der Waals surface area contributed by atoms with Crippen LogP contribution in [0, 0.1) is 23.7 Å². The lowest BCUT2D eigenvalue weighted by Gasteiger charge is -2.22. The van der Waals surface area contributed by atoms with Gasteiger partial charge in [-0.25, -0.2) is 0 Å². The molecule has 0 fully saturated rings. The molecule has 0 aliphatic rings. The van der Waals surface area contributed by atoms with Gasteiger partial charge in [-0.1, -0.05) is 68.2 Å². The van der Waals surface area contributed by atoms with Gasteiger partial charge in [0.05, 0.1) is 30.3 Å². The highest BCUT2D eigenvalue weighted by molar-refractivity contribution is 5.77. The maximum absolute atomic E-state index is 12.2. The van der Waals surface area contributed by atoms with E-state index in [2.05, 4.69) is 4.90 Å². The molecule has 302 valence electrons. The molecular weight excluding hydrogens is 690 g/mol. The van der Waals surface area contributed by atoms with Gasteiger partial charge in [-0.3, -0.25) is 19.2 Å². The fourth-order valence-electron chi connectivity index (χ4n) is 5.19. The Kier molecular flexibility index (Phi) is 21.7. The molecule has 1 N–H and O–H groups in total. The van der Waals surface area contributed by atoms with Crippen molar-refractivity contribution in [3.05, 3.63) is 47.5 Å². The minimum absolute atomic E-state index is 0.189. The summed E-state index contributed by atoms with van der Waals surface area (Å²) in [5.41, 5.74) is 1.71. The third-order valence-electron chi connectivity index (χ3n) is 8.49. The topological polar surface area (TPSA) is 138 Å². The summed E-state index contributed by atoms with van der Waals surface area (Å²) in [6, 6.07) is 10.3. The third kappa shape index (κ3) is 19.0. The van der Waals surface area contributed by atoms with E-state index in [1.165, 1.54) is 0 Å². The molecular formula is C43H65NO10. The van der Waals surface area contributed by atoms with Gasteiger partial charge in [0, 0.05) is 25.3 Å². The van der Waals surface area contributed by atoms with Crippen molar-refractivity contribution < 1.29 is 48.0 Å². The predicted molar refractivity (Wildman–Crippen MR) is 209 cm³/mol. The first-order valence-corrected chi connectivity index (χ1v) is 19.7. The number of carbonyl (C=O) groups excluding carboxylic acids is 4. The normalized spacial score (nSPS) is 11.5. The summed E-state index contributed by atoms with van der Waals surface area (Å²) in [6.45, 7) is 18.0. The third-order valence-corrected chi connectivity index (χ3v) is 8.49. The van der Waals surface area contributed by atoms with E-state index in [0.717, 1.165) is 88.5 Å². The zero-order valence-corrected chi connectivity index (χ0v) is 33.9. The molecule has 11 nitrogen and oxygen atoms in total. The number of aliphatic hydroxyl groups excluding tert-OH is 1. The Bertz CT molecular complexity index is 1270. The molecule has 0 bridgehead atoms. The van der Waals surface area contributed by atoms with E-state index < -0.39 is 0 Å². The summed E-state index contributed by atoms with van der Waals surface area (Å²) in [6.07, 6.45) is 8.43. The van der Waals surface area contributed by atoms with Gasteiger partial charge >= 0.3 is 23.9 Å². The molecule has 54 heavy (non-hydrogen) atoms. The highest BCUT2D eigenvalue weighted by atomic mass is 16.6. The van der Waals surface area contributed by atoms with E-state index in [1.54, 1.807) is 79.7 Å². The molecule has 2 aromatic rings. The largest absolute Gasteiger partial charge is 0.426 e. The molecule has 0 radical (unpaired) electrons. The second kappa shape index (κ2) is 25.3. The highest BCUT2D eigenvalue weighted by Gasteiger charge is 2.17. The van der Waals surface area contributed by atoms with Crippen molar-refractivity contribution in [1.82, 2.24) is 4.90 Å². The van der Waals surface area contributed by atoms with E-state index >= 15 is 0 Å². The lowest BCUT2D eigenvalue weighted by Crippen LogP contribution is -2.27. The maximum Gasteiger partial charge on any atom is 0.313 e. The summed E-state index contributed by atoms with van der Waals surface area (Å²) in [4.78, 5) is 51.3. The van der Waals surface area contributed by atoms with Crippen molar-refractivity contribution in [3.8, 4) is 23.0 Å². The number of carbonyl (C=O) groups is 4. The summed E-state index contributed by atoms with van der Waals surface area (Å²) in [5, 5.41) is 9.32. The van der Waals surface area contributed by atoms with Crippen LogP contribution >= 0.6 is 0 Å². The highest BCUT2D eigenvalue weighted by Crippen LogP contribution is 2.27. The van der Waals surface area contributed by atoms with Crippen LogP contribution in [0.4, 0.5) is 0 Å². The zero-order valence-electron chi connectivity index (χ0n) is 33.9. The van der Waals surface area contributed by atoms with Crippen molar-refractivity contribution in [2.75, 3.05) is 32.8 Å². The quantitative estimate of drug-likeness (QED) is 0.0566. The van der Waals surface area contributed by atoms with Crippen molar-refractivity contribution in [3.63, 3.8) is 0 Å². The van der Waals surface area contributed by atoms with Crippen LogP contribution in [0.3, 0.4) is 0 Å². The Labute approximate surface area is 323 Å². The van der Waals surface area contributed by atoms with Crippen molar-refractivity contribution in [2.45, 2.75) is 120 Å². The van der Waals surface area contributed by atoms with Gasteiger partial charge in [-0.05, 0) is 100.0 Å². The second-order valence-electron chi connectivity index (χ2n) is 15.1. The van der Waals surface area contributed by atoms with Crippen LogP contribution in [0.15, 0.2) is 36.4 Å². The van der Waals surface area contributed by atoms with Crippen LogP contribution in [0.5, 0.6) is 23.0 Å². The fraction of sp³-hybridized carbons (Fsp3) is 0.628. The van der Waals surface area contributed by atoms with Gasteiger partial charge < -0.3 is 33.7 Å². The van der Waals surface area contributed by atoms with Gasteiger partial charge in [0.1, 0.15) is 23.0 Å². The second-order valence-corrected chi connectivity index (χ2v) is 15.1. The van der Waals surface area contributed by atoms with Gasteiger partial charge in [0.15, 0.2) is 0 Å². The van der Waals surface area contributed by atoms with Crippen LogP contribution in [-0.2, 0) is 36.9 Å². The fourth-order valence-corrected chi connectivity index (χ4v) is 5.19. The molecule has 0 atom stereocenters. The minimum Gasteiger partial charge on any atom is -0.426 e. The van der Waals surface area contributed by atoms with Crippen LogP contribution in [0.25, 0.3) is 0 Å². The Morgan fingerprint density at radius 1 is 0.500 bits per heavy atom. The smallest absolute Gasteiger partial charge is 0.313 e. The summed E-state index contributed by atoms with van der Waals surface area (Å²) < 4.78 is 28.0. The molecule has 0 spiro atoms. The molecule has 0 heterocycles. The van der Waals surface area contributed by atoms with E-state index in [4.69, 9.17) is 23.7 Å². The number of esters is 4.